The Kier molecular flexibility index (Phi) is 5.88. The van der Waals surface area contributed by atoms with Gasteiger partial charge < -0.3 is 15.2 Å². The molecule has 0 unspecified atom stereocenters. The van der Waals surface area contributed by atoms with E-state index < -0.39 is 5.97 Å². The Morgan fingerprint density at radius 1 is 1.54 bits per heavy atom. The molecule has 0 fully saturated rings. The Hall–Kier alpha value is -1.10. The summed E-state index contributed by atoms with van der Waals surface area (Å²) in [5.74, 6) is -0.898. The summed E-state index contributed by atoms with van der Waals surface area (Å²) in [6.07, 6.45) is 0.167. The lowest BCUT2D eigenvalue weighted by molar-refractivity contribution is -0.143. The van der Waals surface area contributed by atoms with Crippen LogP contribution in [0, 0.1) is 5.92 Å². The molecule has 0 heterocycles. The molecule has 0 bridgehead atoms. The molecule has 1 atom stereocenters. The van der Waals surface area contributed by atoms with Crippen LogP contribution in [0.5, 0.6) is 0 Å². The Balaban J connectivity index is 3.75. The van der Waals surface area contributed by atoms with Crippen LogP contribution in [-0.4, -0.2) is 37.2 Å². The van der Waals surface area contributed by atoms with Gasteiger partial charge in [-0.15, -0.1) is 0 Å². The highest BCUT2D eigenvalue weighted by molar-refractivity contribution is 5.75. The van der Waals surface area contributed by atoms with E-state index in [4.69, 9.17) is 5.11 Å². The lowest BCUT2D eigenvalue weighted by atomic mass is 10.1. The van der Waals surface area contributed by atoms with Crippen LogP contribution in [0.4, 0.5) is 0 Å². The number of hydrogen-bond acceptors (Lipinski definition) is 4. The van der Waals surface area contributed by atoms with Gasteiger partial charge in [-0.25, -0.2) is 0 Å². The molecule has 0 spiro atoms. The molecule has 0 aromatic rings. The van der Waals surface area contributed by atoms with Gasteiger partial charge in [-0.2, -0.15) is 0 Å². The van der Waals surface area contributed by atoms with Gasteiger partial charge in [0.2, 0.25) is 5.91 Å². The highest BCUT2D eigenvalue weighted by atomic mass is 16.5. The zero-order valence-electron chi connectivity index (χ0n) is 7.87. The zero-order valence-corrected chi connectivity index (χ0v) is 7.87. The van der Waals surface area contributed by atoms with Crippen LogP contribution < -0.4 is 5.32 Å². The minimum absolute atomic E-state index is 0.0826. The molecule has 0 aromatic heterocycles. The molecule has 0 aromatic carbocycles. The van der Waals surface area contributed by atoms with Crippen molar-refractivity contribution in [3.05, 3.63) is 0 Å². The number of ether oxygens (including phenoxy) is 1. The summed E-state index contributed by atoms with van der Waals surface area (Å²) in [7, 11) is 1.52. The number of amides is 1. The molecule has 0 radical (unpaired) electrons. The Bertz CT molecular complexity index is 181. The van der Waals surface area contributed by atoms with Crippen LogP contribution in [0.3, 0.4) is 0 Å². The van der Waals surface area contributed by atoms with Crippen molar-refractivity contribution in [1.82, 2.24) is 5.32 Å². The molecule has 1 amide bonds. The number of carbonyl (C=O) groups excluding carboxylic acids is 2. The molecule has 0 aliphatic carbocycles. The van der Waals surface area contributed by atoms with Crippen LogP contribution >= 0.6 is 0 Å². The topological polar surface area (TPSA) is 75.6 Å². The van der Waals surface area contributed by atoms with Crippen molar-refractivity contribution >= 4 is 11.9 Å². The Morgan fingerprint density at radius 3 is 2.54 bits per heavy atom. The number of hydrogen-bond donors (Lipinski definition) is 2. The second kappa shape index (κ2) is 6.42. The predicted octanol–water partition coefficient (Wildman–Crippen LogP) is -0.706. The van der Waals surface area contributed by atoms with E-state index in [0.717, 1.165) is 0 Å². The van der Waals surface area contributed by atoms with Crippen molar-refractivity contribution in [2.45, 2.75) is 13.3 Å². The first-order chi connectivity index (χ1) is 6.10. The SMILES string of the molecule is CNC(=O)C[C@@H](CO)COC(C)=O. The fraction of sp³-hybridized carbons (Fsp3) is 0.750. The number of esters is 1. The van der Waals surface area contributed by atoms with Gasteiger partial charge in [0, 0.05) is 32.9 Å². The summed E-state index contributed by atoms with van der Waals surface area (Å²) in [6, 6.07) is 0. The number of carbonyl (C=O) groups is 2. The van der Waals surface area contributed by atoms with Crippen LogP contribution in [0.1, 0.15) is 13.3 Å². The quantitative estimate of drug-likeness (QED) is 0.560. The monoisotopic (exact) mass is 189 g/mol. The second-order valence-corrected chi connectivity index (χ2v) is 2.73. The average molecular weight is 189 g/mol. The molecule has 0 saturated carbocycles. The summed E-state index contributed by atoms with van der Waals surface area (Å²) >= 11 is 0. The highest BCUT2D eigenvalue weighted by Gasteiger charge is 2.13. The fourth-order valence-electron chi connectivity index (χ4n) is 0.776. The summed E-state index contributed by atoms with van der Waals surface area (Å²) in [4.78, 5) is 21.3. The van der Waals surface area contributed by atoms with E-state index in [0.29, 0.717) is 0 Å². The largest absolute Gasteiger partial charge is 0.465 e. The molecule has 5 nitrogen and oxygen atoms in total. The molecule has 0 rings (SSSR count). The van der Waals surface area contributed by atoms with Gasteiger partial charge in [0.1, 0.15) is 0 Å². The number of aliphatic hydroxyl groups excluding tert-OH is 1. The smallest absolute Gasteiger partial charge is 0.302 e. The van der Waals surface area contributed by atoms with Crippen molar-refractivity contribution in [3.8, 4) is 0 Å². The van der Waals surface area contributed by atoms with E-state index in [1.54, 1.807) is 0 Å². The van der Waals surface area contributed by atoms with E-state index >= 15 is 0 Å². The first kappa shape index (κ1) is 11.9. The van der Waals surface area contributed by atoms with E-state index in [-0.39, 0.29) is 31.5 Å². The third-order valence-electron chi connectivity index (χ3n) is 1.53. The number of nitrogens with one attached hydrogen (secondary N) is 1. The maximum absolute atomic E-state index is 10.9. The molecule has 76 valence electrons. The van der Waals surface area contributed by atoms with Crippen LogP contribution in [0.2, 0.25) is 0 Å². The molecule has 2 N–H and O–H groups in total. The van der Waals surface area contributed by atoms with Crippen molar-refractivity contribution in [2.75, 3.05) is 20.3 Å². The minimum Gasteiger partial charge on any atom is -0.465 e. The van der Waals surface area contributed by atoms with Gasteiger partial charge in [-0.3, -0.25) is 9.59 Å². The van der Waals surface area contributed by atoms with Gasteiger partial charge in [0.25, 0.3) is 0 Å². The van der Waals surface area contributed by atoms with Crippen molar-refractivity contribution in [1.29, 1.82) is 0 Å². The highest BCUT2D eigenvalue weighted by Crippen LogP contribution is 2.02. The molecule has 0 aliphatic rings. The third-order valence-corrected chi connectivity index (χ3v) is 1.53. The molecular formula is C8H15NO4. The van der Waals surface area contributed by atoms with Crippen LogP contribution in [-0.2, 0) is 14.3 Å². The summed E-state index contributed by atoms with van der Waals surface area (Å²) in [5.41, 5.74) is 0. The van der Waals surface area contributed by atoms with Crippen molar-refractivity contribution < 1.29 is 19.4 Å². The fourth-order valence-corrected chi connectivity index (χ4v) is 0.776. The molecular weight excluding hydrogens is 174 g/mol. The lowest BCUT2D eigenvalue weighted by Crippen LogP contribution is -2.26. The lowest BCUT2D eigenvalue weighted by Gasteiger charge is -2.12. The number of rotatable bonds is 5. The normalized spacial score (nSPS) is 11.9. The van der Waals surface area contributed by atoms with Crippen molar-refractivity contribution in [2.24, 2.45) is 5.92 Å². The molecule has 0 saturated heterocycles. The maximum atomic E-state index is 10.9. The minimum atomic E-state index is -0.407. The van der Waals surface area contributed by atoms with Gasteiger partial charge in [0.05, 0.1) is 6.61 Å². The van der Waals surface area contributed by atoms with E-state index in [1.807, 2.05) is 0 Å². The summed E-state index contributed by atoms with van der Waals surface area (Å²) in [6.45, 7) is 1.20. The van der Waals surface area contributed by atoms with Gasteiger partial charge in [0.15, 0.2) is 0 Å². The Labute approximate surface area is 77.1 Å². The summed E-state index contributed by atoms with van der Waals surface area (Å²) in [5, 5.41) is 11.2. The van der Waals surface area contributed by atoms with Gasteiger partial charge >= 0.3 is 5.97 Å². The van der Waals surface area contributed by atoms with E-state index in [2.05, 4.69) is 10.1 Å². The van der Waals surface area contributed by atoms with Gasteiger partial charge in [-0.1, -0.05) is 0 Å². The predicted molar refractivity (Wildman–Crippen MR) is 45.9 cm³/mol. The molecule has 0 aliphatic heterocycles. The van der Waals surface area contributed by atoms with Crippen LogP contribution in [0.25, 0.3) is 0 Å². The number of aliphatic hydroxyl groups is 1. The first-order valence-corrected chi connectivity index (χ1v) is 4.05. The van der Waals surface area contributed by atoms with Crippen molar-refractivity contribution in [3.63, 3.8) is 0 Å². The molecule has 5 heteroatoms. The summed E-state index contributed by atoms with van der Waals surface area (Å²) < 4.78 is 4.66. The second-order valence-electron chi connectivity index (χ2n) is 2.73. The van der Waals surface area contributed by atoms with Crippen LogP contribution in [0.15, 0.2) is 0 Å². The van der Waals surface area contributed by atoms with Gasteiger partial charge in [-0.05, 0) is 0 Å². The van der Waals surface area contributed by atoms with E-state index in [9.17, 15) is 9.59 Å². The van der Waals surface area contributed by atoms with E-state index in [1.165, 1.54) is 14.0 Å². The third kappa shape index (κ3) is 6.10. The standard InChI is InChI=1S/C8H15NO4/c1-6(11)13-5-7(4-10)3-8(12)9-2/h7,10H,3-5H2,1-2H3,(H,9,12)/t7-/m0/s1. The zero-order chi connectivity index (χ0) is 10.3. The first-order valence-electron chi connectivity index (χ1n) is 4.05. The maximum Gasteiger partial charge on any atom is 0.302 e. The molecule has 13 heavy (non-hydrogen) atoms. The Morgan fingerprint density at radius 2 is 2.15 bits per heavy atom. The average Bonchev–Trinajstić information content (AvgIpc) is 2.11.